The molecule has 0 saturated carbocycles. The van der Waals surface area contributed by atoms with Gasteiger partial charge >= 0.3 is 0 Å². The van der Waals surface area contributed by atoms with E-state index in [1.54, 1.807) is 19.1 Å². The molecule has 0 saturated heterocycles. The van der Waals surface area contributed by atoms with Crippen molar-refractivity contribution in [1.82, 2.24) is 9.78 Å². The SMILES string of the molecule is Cc1c(O)n(-c2ccccc2)[nH]c1=O. The maximum Gasteiger partial charge on any atom is 0.271 e. The number of aromatic hydroxyl groups is 1. The van der Waals surface area contributed by atoms with E-state index in [0.29, 0.717) is 5.56 Å². The van der Waals surface area contributed by atoms with Crippen LogP contribution in [0, 0.1) is 6.92 Å². The van der Waals surface area contributed by atoms with Crippen LogP contribution in [0.15, 0.2) is 35.1 Å². The molecular weight excluding hydrogens is 180 g/mol. The molecule has 0 amide bonds. The number of aromatic nitrogens is 2. The monoisotopic (exact) mass is 190 g/mol. The van der Waals surface area contributed by atoms with Gasteiger partial charge in [0.25, 0.3) is 5.56 Å². The number of aromatic amines is 1. The van der Waals surface area contributed by atoms with Gasteiger partial charge in [-0.05, 0) is 19.1 Å². The molecule has 0 unspecified atom stereocenters. The van der Waals surface area contributed by atoms with E-state index in [1.807, 2.05) is 18.2 Å². The molecule has 0 aliphatic heterocycles. The van der Waals surface area contributed by atoms with E-state index in [4.69, 9.17) is 0 Å². The average molecular weight is 190 g/mol. The second-order valence-electron chi connectivity index (χ2n) is 3.06. The Kier molecular flexibility index (Phi) is 1.89. The summed E-state index contributed by atoms with van der Waals surface area (Å²) in [5, 5.41) is 12.1. The van der Waals surface area contributed by atoms with Gasteiger partial charge in [0, 0.05) is 0 Å². The minimum absolute atomic E-state index is 0.0406. The number of benzene rings is 1. The van der Waals surface area contributed by atoms with Crippen molar-refractivity contribution >= 4 is 0 Å². The topological polar surface area (TPSA) is 58.0 Å². The first-order valence-electron chi connectivity index (χ1n) is 4.26. The molecule has 0 fully saturated rings. The lowest BCUT2D eigenvalue weighted by Gasteiger charge is -2.02. The van der Waals surface area contributed by atoms with Crippen LogP contribution < -0.4 is 5.56 Å². The van der Waals surface area contributed by atoms with E-state index in [1.165, 1.54) is 4.68 Å². The maximum atomic E-state index is 11.2. The third-order valence-electron chi connectivity index (χ3n) is 2.12. The van der Waals surface area contributed by atoms with Gasteiger partial charge in [0.2, 0.25) is 5.88 Å². The Morgan fingerprint density at radius 1 is 1.29 bits per heavy atom. The summed E-state index contributed by atoms with van der Waals surface area (Å²) >= 11 is 0. The highest BCUT2D eigenvalue weighted by Gasteiger charge is 2.09. The molecule has 2 aromatic rings. The van der Waals surface area contributed by atoms with Crippen molar-refractivity contribution in [1.29, 1.82) is 0 Å². The lowest BCUT2D eigenvalue weighted by molar-refractivity contribution is 0.430. The summed E-state index contributed by atoms with van der Waals surface area (Å²) in [5.74, 6) is -0.0406. The number of hydrogen-bond acceptors (Lipinski definition) is 2. The summed E-state index contributed by atoms with van der Waals surface area (Å²) in [6.07, 6.45) is 0. The second kappa shape index (κ2) is 3.06. The van der Waals surface area contributed by atoms with Gasteiger partial charge < -0.3 is 5.11 Å². The van der Waals surface area contributed by atoms with E-state index >= 15 is 0 Å². The molecule has 1 heterocycles. The van der Waals surface area contributed by atoms with Gasteiger partial charge in [-0.1, -0.05) is 18.2 Å². The molecule has 0 atom stereocenters. The van der Waals surface area contributed by atoms with Crippen LogP contribution in [-0.4, -0.2) is 14.9 Å². The third-order valence-corrected chi connectivity index (χ3v) is 2.12. The lowest BCUT2D eigenvalue weighted by atomic mass is 10.3. The Balaban J connectivity index is 2.64. The van der Waals surface area contributed by atoms with Crippen molar-refractivity contribution in [3.05, 3.63) is 46.2 Å². The smallest absolute Gasteiger partial charge is 0.271 e. The summed E-state index contributed by atoms with van der Waals surface area (Å²) in [6, 6.07) is 9.14. The average Bonchev–Trinajstić information content (AvgIpc) is 2.47. The Morgan fingerprint density at radius 3 is 2.43 bits per heavy atom. The minimum atomic E-state index is -0.272. The van der Waals surface area contributed by atoms with Crippen molar-refractivity contribution in [2.24, 2.45) is 0 Å². The van der Waals surface area contributed by atoms with Crippen LogP contribution in [0.4, 0.5) is 0 Å². The Bertz CT molecular complexity index is 497. The van der Waals surface area contributed by atoms with E-state index < -0.39 is 0 Å². The van der Waals surface area contributed by atoms with Gasteiger partial charge in [-0.25, -0.2) is 4.68 Å². The van der Waals surface area contributed by atoms with Crippen LogP contribution in [0.1, 0.15) is 5.56 Å². The Labute approximate surface area is 80.4 Å². The summed E-state index contributed by atoms with van der Waals surface area (Å²) in [7, 11) is 0. The van der Waals surface area contributed by atoms with Crippen LogP contribution in [-0.2, 0) is 0 Å². The predicted molar refractivity (Wildman–Crippen MR) is 52.8 cm³/mol. The molecule has 1 aromatic heterocycles. The summed E-state index contributed by atoms with van der Waals surface area (Å²) in [5.41, 5.74) is 0.787. The fraction of sp³-hybridized carbons (Fsp3) is 0.100. The Hall–Kier alpha value is -1.97. The van der Waals surface area contributed by atoms with E-state index in [9.17, 15) is 9.90 Å². The first kappa shape index (κ1) is 8.62. The molecule has 2 rings (SSSR count). The van der Waals surface area contributed by atoms with Gasteiger partial charge in [0.1, 0.15) is 0 Å². The molecule has 0 aliphatic carbocycles. The van der Waals surface area contributed by atoms with E-state index in [2.05, 4.69) is 5.10 Å². The van der Waals surface area contributed by atoms with Gasteiger partial charge in [-0.2, -0.15) is 0 Å². The standard InChI is InChI=1S/C10H10N2O2/c1-7-9(13)11-12(10(7)14)8-5-3-2-4-6-8/h2-6,14H,1H3,(H,11,13). The molecule has 2 N–H and O–H groups in total. The van der Waals surface area contributed by atoms with Gasteiger partial charge in [0.15, 0.2) is 0 Å². The lowest BCUT2D eigenvalue weighted by Crippen LogP contribution is -2.04. The van der Waals surface area contributed by atoms with Gasteiger partial charge in [-0.3, -0.25) is 9.89 Å². The van der Waals surface area contributed by atoms with Crippen LogP contribution in [0.25, 0.3) is 5.69 Å². The molecule has 1 aromatic carbocycles. The van der Waals surface area contributed by atoms with Crippen LogP contribution in [0.2, 0.25) is 0 Å². The number of nitrogens with zero attached hydrogens (tertiary/aromatic N) is 1. The van der Waals surface area contributed by atoms with Crippen molar-refractivity contribution in [3.8, 4) is 11.6 Å². The van der Waals surface area contributed by atoms with Crippen LogP contribution in [0.3, 0.4) is 0 Å². The number of rotatable bonds is 1. The summed E-state index contributed by atoms with van der Waals surface area (Å²) < 4.78 is 1.36. The molecule has 0 radical (unpaired) electrons. The molecule has 4 heteroatoms. The summed E-state index contributed by atoms with van der Waals surface area (Å²) in [6.45, 7) is 1.58. The predicted octanol–water partition coefficient (Wildman–Crippen LogP) is 1.18. The van der Waals surface area contributed by atoms with E-state index in [0.717, 1.165) is 5.69 Å². The van der Waals surface area contributed by atoms with Crippen molar-refractivity contribution in [3.63, 3.8) is 0 Å². The van der Waals surface area contributed by atoms with Crippen LogP contribution in [0.5, 0.6) is 5.88 Å². The minimum Gasteiger partial charge on any atom is -0.493 e. The molecule has 14 heavy (non-hydrogen) atoms. The first-order chi connectivity index (χ1) is 6.70. The largest absolute Gasteiger partial charge is 0.493 e. The zero-order chi connectivity index (χ0) is 10.1. The first-order valence-corrected chi connectivity index (χ1v) is 4.26. The highest BCUT2D eigenvalue weighted by molar-refractivity contribution is 5.36. The van der Waals surface area contributed by atoms with Crippen molar-refractivity contribution in [2.45, 2.75) is 6.92 Å². The van der Waals surface area contributed by atoms with Crippen molar-refractivity contribution < 1.29 is 5.11 Å². The highest BCUT2D eigenvalue weighted by atomic mass is 16.3. The molecule has 0 aliphatic rings. The van der Waals surface area contributed by atoms with Gasteiger partial charge in [-0.15, -0.1) is 0 Å². The fourth-order valence-electron chi connectivity index (χ4n) is 1.27. The second-order valence-corrected chi connectivity index (χ2v) is 3.06. The number of nitrogens with one attached hydrogen (secondary N) is 1. The highest BCUT2D eigenvalue weighted by Crippen LogP contribution is 2.16. The zero-order valence-electron chi connectivity index (χ0n) is 7.69. The van der Waals surface area contributed by atoms with Crippen LogP contribution >= 0.6 is 0 Å². The zero-order valence-corrected chi connectivity index (χ0v) is 7.69. The quantitative estimate of drug-likeness (QED) is 0.709. The molecule has 0 spiro atoms. The maximum absolute atomic E-state index is 11.2. The summed E-state index contributed by atoms with van der Waals surface area (Å²) in [4.78, 5) is 11.2. The number of H-pyrrole nitrogens is 1. The number of hydrogen-bond donors (Lipinski definition) is 2. The molecule has 4 nitrogen and oxygen atoms in total. The molecule has 72 valence electrons. The Morgan fingerprint density at radius 2 is 1.93 bits per heavy atom. The third kappa shape index (κ3) is 1.21. The molecule has 0 bridgehead atoms. The fourth-order valence-corrected chi connectivity index (χ4v) is 1.27. The normalized spacial score (nSPS) is 10.4. The van der Waals surface area contributed by atoms with Crippen molar-refractivity contribution in [2.75, 3.05) is 0 Å². The number of para-hydroxylation sites is 1. The molecular formula is C10H10N2O2. The van der Waals surface area contributed by atoms with E-state index in [-0.39, 0.29) is 11.4 Å². The van der Waals surface area contributed by atoms with Gasteiger partial charge in [0.05, 0.1) is 11.3 Å².